The summed E-state index contributed by atoms with van der Waals surface area (Å²) in [7, 11) is -2.57. The third-order valence-electron chi connectivity index (χ3n) is 1.69. The van der Waals surface area contributed by atoms with Gasteiger partial charge >= 0.3 is 8.80 Å². The molecule has 0 spiro atoms. The molecule has 0 amide bonds. The zero-order valence-corrected chi connectivity index (χ0v) is 11.0. The van der Waals surface area contributed by atoms with E-state index < -0.39 is 8.80 Å². The van der Waals surface area contributed by atoms with E-state index in [-0.39, 0.29) is 0 Å². The molecule has 0 fully saturated rings. The molecule has 15 heavy (non-hydrogen) atoms. The summed E-state index contributed by atoms with van der Waals surface area (Å²) in [4.78, 5) is 0. The maximum Gasteiger partial charge on any atom is 0.529 e. The Hall–Kier alpha value is -0.203. The third kappa shape index (κ3) is 6.06. The summed E-state index contributed by atoms with van der Waals surface area (Å²) in [5, 5.41) is 0. The van der Waals surface area contributed by atoms with Gasteiger partial charge in [0.2, 0.25) is 0 Å². The van der Waals surface area contributed by atoms with Gasteiger partial charge in [0.1, 0.15) is 0 Å². The molecule has 0 aliphatic heterocycles. The lowest BCUT2D eigenvalue weighted by Gasteiger charge is -2.25. The van der Waals surface area contributed by atoms with Crippen molar-refractivity contribution in [3.8, 4) is 0 Å². The van der Waals surface area contributed by atoms with Gasteiger partial charge < -0.3 is 19.0 Å². The van der Waals surface area contributed by atoms with Gasteiger partial charge in [0.05, 0.1) is 0 Å². The van der Waals surface area contributed by atoms with Crippen LogP contribution in [0.25, 0.3) is 0 Å². The van der Waals surface area contributed by atoms with Crippen LogP contribution in [0.3, 0.4) is 0 Å². The first-order valence-electron chi connectivity index (χ1n) is 5.54. The van der Waals surface area contributed by atoms with Crippen LogP contribution in [0.15, 0.2) is 11.8 Å². The lowest BCUT2D eigenvalue weighted by molar-refractivity contribution is 0.0842. The van der Waals surface area contributed by atoms with Crippen molar-refractivity contribution in [1.82, 2.24) is 0 Å². The Bertz CT molecular complexity index is 159. The van der Waals surface area contributed by atoms with E-state index in [0.29, 0.717) is 26.4 Å². The van der Waals surface area contributed by atoms with Crippen LogP contribution in [0.2, 0.25) is 0 Å². The third-order valence-corrected chi connectivity index (χ3v) is 4.41. The molecule has 0 aromatic carbocycles. The first-order chi connectivity index (χ1) is 7.24. The first-order valence-corrected chi connectivity index (χ1v) is 7.34. The molecule has 5 heteroatoms. The highest BCUT2D eigenvalue weighted by Gasteiger charge is 2.37. The summed E-state index contributed by atoms with van der Waals surface area (Å²) >= 11 is 0. The standard InChI is InChI=1S/C10H23NO3Si/c1-4-12-15(13-5-2,14-6-3)10-8-7-9-11/h8,10H,4-7,9,11H2,1-3H3. The van der Waals surface area contributed by atoms with Gasteiger partial charge in [-0.25, -0.2) is 0 Å². The van der Waals surface area contributed by atoms with Crippen molar-refractivity contribution in [2.45, 2.75) is 27.2 Å². The maximum absolute atomic E-state index is 5.62. The van der Waals surface area contributed by atoms with Gasteiger partial charge in [-0.05, 0) is 39.4 Å². The smallest absolute Gasteiger partial charge is 0.371 e. The summed E-state index contributed by atoms with van der Waals surface area (Å²) in [6.45, 7) is 8.24. The van der Waals surface area contributed by atoms with E-state index in [1.54, 1.807) is 0 Å². The molecule has 0 aliphatic carbocycles. The topological polar surface area (TPSA) is 53.7 Å². The van der Waals surface area contributed by atoms with Crippen molar-refractivity contribution < 1.29 is 13.3 Å². The number of nitrogens with two attached hydrogens (primary N) is 1. The van der Waals surface area contributed by atoms with Crippen LogP contribution in [0.1, 0.15) is 27.2 Å². The highest BCUT2D eigenvalue weighted by molar-refractivity contribution is 6.66. The Morgan fingerprint density at radius 1 is 1.00 bits per heavy atom. The normalized spacial score (nSPS) is 12.5. The Kier molecular flexibility index (Phi) is 8.93. The molecule has 0 aliphatic rings. The molecule has 0 unspecified atom stereocenters. The second kappa shape index (κ2) is 9.05. The van der Waals surface area contributed by atoms with Crippen molar-refractivity contribution in [2.75, 3.05) is 26.4 Å². The average molecular weight is 233 g/mol. The molecular weight excluding hydrogens is 210 g/mol. The van der Waals surface area contributed by atoms with Gasteiger partial charge in [-0.15, -0.1) is 0 Å². The van der Waals surface area contributed by atoms with Gasteiger partial charge in [-0.3, -0.25) is 0 Å². The average Bonchev–Trinajstić information content (AvgIpc) is 2.19. The van der Waals surface area contributed by atoms with Crippen LogP contribution in [0.4, 0.5) is 0 Å². The summed E-state index contributed by atoms with van der Waals surface area (Å²) in [5.74, 6) is 0. The van der Waals surface area contributed by atoms with Crippen LogP contribution < -0.4 is 5.73 Å². The molecule has 90 valence electrons. The highest BCUT2D eigenvalue weighted by Crippen LogP contribution is 2.12. The molecule has 0 atom stereocenters. The fourth-order valence-electron chi connectivity index (χ4n) is 1.20. The lowest BCUT2D eigenvalue weighted by Crippen LogP contribution is -2.44. The van der Waals surface area contributed by atoms with Crippen molar-refractivity contribution >= 4 is 8.80 Å². The molecule has 0 bridgehead atoms. The van der Waals surface area contributed by atoms with Crippen molar-refractivity contribution in [3.63, 3.8) is 0 Å². The molecule has 0 aromatic rings. The number of hydrogen-bond acceptors (Lipinski definition) is 4. The van der Waals surface area contributed by atoms with Crippen molar-refractivity contribution in [3.05, 3.63) is 11.8 Å². The molecule has 4 nitrogen and oxygen atoms in total. The van der Waals surface area contributed by atoms with Crippen molar-refractivity contribution in [2.24, 2.45) is 5.73 Å². The minimum Gasteiger partial charge on any atom is -0.371 e. The van der Waals surface area contributed by atoms with E-state index in [2.05, 4.69) is 0 Å². The molecule has 2 N–H and O–H groups in total. The minimum atomic E-state index is -2.57. The van der Waals surface area contributed by atoms with Crippen LogP contribution in [0.5, 0.6) is 0 Å². The quantitative estimate of drug-likeness (QED) is 0.613. The van der Waals surface area contributed by atoms with E-state index in [9.17, 15) is 0 Å². The molecule has 0 saturated heterocycles. The minimum absolute atomic E-state index is 0.596. The second-order valence-electron chi connectivity index (χ2n) is 2.88. The van der Waals surface area contributed by atoms with Gasteiger partial charge in [-0.2, -0.15) is 0 Å². The van der Waals surface area contributed by atoms with Crippen LogP contribution in [0, 0.1) is 0 Å². The van der Waals surface area contributed by atoms with Gasteiger partial charge in [0, 0.05) is 19.8 Å². The maximum atomic E-state index is 5.62. The van der Waals surface area contributed by atoms with E-state index in [1.165, 1.54) is 0 Å². The predicted octanol–water partition coefficient (Wildman–Crippen LogP) is 1.48. The van der Waals surface area contributed by atoms with Gasteiger partial charge in [0.25, 0.3) is 0 Å². The summed E-state index contributed by atoms with van der Waals surface area (Å²) < 4.78 is 16.9. The van der Waals surface area contributed by atoms with E-state index >= 15 is 0 Å². The Balaban J connectivity index is 4.44. The molecular formula is C10H23NO3Si. The molecule has 0 rings (SSSR count). The highest BCUT2D eigenvalue weighted by atomic mass is 28.4. The SMILES string of the molecule is CCO[Si](C=CCCN)(OCC)OCC. The van der Waals surface area contributed by atoms with Crippen molar-refractivity contribution in [1.29, 1.82) is 0 Å². The van der Waals surface area contributed by atoms with E-state index in [4.69, 9.17) is 19.0 Å². The fraction of sp³-hybridized carbons (Fsp3) is 0.800. The van der Waals surface area contributed by atoms with Crippen LogP contribution in [-0.2, 0) is 13.3 Å². The molecule has 0 radical (unpaired) electrons. The van der Waals surface area contributed by atoms with Gasteiger partial charge in [0.15, 0.2) is 0 Å². The zero-order valence-electron chi connectivity index (χ0n) is 9.99. The lowest BCUT2D eigenvalue weighted by atomic mass is 10.4. The Morgan fingerprint density at radius 2 is 1.47 bits per heavy atom. The van der Waals surface area contributed by atoms with E-state index in [1.807, 2.05) is 32.5 Å². The Morgan fingerprint density at radius 3 is 1.80 bits per heavy atom. The van der Waals surface area contributed by atoms with Crippen LogP contribution >= 0.6 is 0 Å². The molecule has 0 saturated carbocycles. The zero-order chi connectivity index (χ0) is 11.6. The first kappa shape index (κ1) is 14.8. The summed E-state index contributed by atoms with van der Waals surface area (Å²) in [5.41, 5.74) is 7.35. The monoisotopic (exact) mass is 233 g/mol. The molecule has 0 heterocycles. The second-order valence-corrected chi connectivity index (χ2v) is 5.29. The number of hydrogen-bond donors (Lipinski definition) is 1. The van der Waals surface area contributed by atoms with E-state index in [0.717, 1.165) is 6.42 Å². The van der Waals surface area contributed by atoms with Crippen LogP contribution in [-0.4, -0.2) is 35.2 Å². The fourth-order valence-corrected chi connectivity index (χ4v) is 3.40. The largest absolute Gasteiger partial charge is 0.529 e. The number of rotatable bonds is 9. The Labute approximate surface area is 93.8 Å². The molecule has 0 aromatic heterocycles. The summed E-state index contributed by atoms with van der Waals surface area (Å²) in [6, 6.07) is 0. The predicted molar refractivity (Wildman–Crippen MR) is 63.4 cm³/mol. The summed E-state index contributed by atoms with van der Waals surface area (Å²) in [6.07, 6.45) is 2.80. The van der Waals surface area contributed by atoms with Gasteiger partial charge in [-0.1, -0.05) is 6.08 Å².